The van der Waals surface area contributed by atoms with E-state index >= 15 is 0 Å². The standard InChI is InChI=1S/C22H26N2O4/c1-16-8-9-19(17(2)14-16)28-15-21(25)23-10-12-24(13-11-23)22(26)18-6-4-5-7-20(18)27-3/h4-9,14H,10-13,15H2,1-3H3. The quantitative estimate of drug-likeness (QED) is 0.798. The molecule has 28 heavy (non-hydrogen) atoms. The van der Waals surface area contributed by atoms with Gasteiger partial charge in [0.05, 0.1) is 12.7 Å². The molecule has 2 aromatic carbocycles. The van der Waals surface area contributed by atoms with Gasteiger partial charge in [0.15, 0.2) is 6.61 Å². The Balaban J connectivity index is 1.53. The van der Waals surface area contributed by atoms with E-state index in [9.17, 15) is 9.59 Å². The van der Waals surface area contributed by atoms with Crippen LogP contribution in [0, 0.1) is 13.8 Å². The molecule has 0 N–H and O–H groups in total. The Hall–Kier alpha value is -3.02. The maximum atomic E-state index is 12.7. The maximum Gasteiger partial charge on any atom is 0.260 e. The van der Waals surface area contributed by atoms with Gasteiger partial charge in [-0.2, -0.15) is 0 Å². The number of ether oxygens (including phenoxy) is 2. The largest absolute Gasteiger partial charge is 0.496 e. The van der Waals surface area contributed by atoms with E-state index < -0.39 is 0 Å². The van der Waals surface area contributed by atoms with E-state index in [0.29, 0.717) is 37.5 Å². The highest BCUT2D eigenvalue weighted by atomic mass is 16.5. The molecule has 2 amide bonds. The minimum absolute atomic E-state index is 0.00432. The minimum atomic E-state index is -0.0731. The minimum Gasteiger partial charge on any atom is -0.496 e. The molecular weight excluding hydrogens is 356 g/mol. The van der Waals surface area contributed by atoms with Crippen molar-refractivity contribution in [3.05, 3.63) is 59.2 Å². The third-order valence-electron chi connectivity index (χ3n) is 4.94. The average Bonchev–Trinajstić information content (AvgIpc) is 2.72. The first-order valence-corrected chi connectivity index (χ1v) is 9.39. The molecule has 1 aliphatic rings. The number of benzene rings is 2. The van der Waals surface area contributed by atoms with Gasteiger partial charge in [-0.1, -0.05) is 29.8 Å². The van der Waals surface area contributed by atoms with Gasteiger partial charge < -0.3 is 19.3 Å². The highest BCUT2D eigenvalue weighted by Crippen LogP contribution is 2.21. The summed E-state index contributed by atoms with van der Waals surface area (Å²) >= 11 is 0. The van der Waals surface area contributed by atoms with Crippen molar-refractivity contribution in [3.63, 3.8) is 0 Å². The Labute approximate surface area is 165 Å². The molecule has 1 heterocycles. The molecule has 0 radical (unpaired) electrons. The molecule has 0 saturated carbocycles. The number of rotatable bonds is 5. The second-order valence-corrected chi connectivity index (χ2v) is 6.93. The molecule has 2 aromatic rings. The highest BCUT2D eigenvalue weighted by Gasteiger charge is 2.26. The molecule has 0 aliphatic carbocycles. The normalized spacial score (nSPS) is 14.0. The number of nitrogens with zero attached hydrogens (tertiary/aromatic N) is 2. The van der Waals surface area contributed by atoms with Crippen LogP contribution in [-0.4, -0.2) is 61.5 Å². The highest BCUT2D eigenvalue weighted by molar-refractivity contribution is 5.97. The van der Waals surface area contributed by atoms with Gasteiger partial charge in [0.1, 0.15) is 11.5 Å². The number of piperazine rings is 1. The summed E-state index contributed by atoms with van der Waals surface area (Å²) in [6.45, 7) is 5.97. The summed E-state index contributed by atoms with van der Waals surface area (Å²) in [5.41, 5.74) is 2.72. The number of para-hydroxylation sites is 1. The number of methoxy groups -OCH3 is 1. The number of aryl methyl sites for hydroxylation is 2. The SMILES string of the molecule is COc1ccccc1C(=O)N1CCN(C(=O)COc2ccc(C)cc2C)CC1. The summed E-state index contributed by atoms with van der Waals surface area (Å²) in [6, 6.07) is 13.1. The van der Waals surface area contributed by atoms with Crippen LogP contribution in [0.1, 0.15) is 21.5 Å². The number of amides is 2. The van der Waals surface area contributed by atoms with Crippen LogP contribution in [0.4, 0.5) is 0 Å². The molecule has 1 fully saturated rings. The van der Waals surface area contributed by atoms with Gasteiger partial charge in [0.2, 0.25) is 0 Å². The summed E-state index contributed by atoms with van der Waals surface area (Å²) in [5.74, 6) is 1.15. The van der Waals surface area contributed by atoms with E-state index in [-0.39, 0.29) is 18.4 Å². The fraction of sp³-hybridized carbons (Fsp3) is 0.364. The lowest BCUT2D eigenvalue weighted by molar-refractivity contribution is -0.134. The summed E-state index contributed by atoms with van der Waals surface area (Å²) in [5, 5.41) is 0. The fourth-order valence-corrected chi connectivity index (χ4v) is 3.34. The van der Waals surface area contributed by atoms with Crippen LogP contribution in [0.15, 0.2) is 42.5 Å². The molecule has 0 aromatic heterocycles. The Morgan fingerprint density at radius 3 is 2.29 bits per heavy atom. The van der Waals surface area contributed by atoms with E-state index in [1.807, 2.05) is 44.2 Å². The lowest BCUT2D eigenvalue weighted by Crippen LogP contribution is -2.51. The van der Waals surface area contributed by atoms with Crippen LogP contribution >= 0.6 is 0 Å². The second kappa shape index (κ2) is 8.78. The lowest BCUT2D eigenvalue weighted by atomic mass is 10.1. The number of carbonyl (C=O) groups excluding carboxylic acids is 2. The summed E-state index contributed by atoms with van der Waals surface area (Å²) < 4.78 is 11.0. The summed E-state index contributed by atoms with van der Waals surface area (Å²) in [6.07, 6.45) is 0. The molecule has 0 bridgehead atoms. The van der Waals surface area contributed by atoms with Crippen molar-refractivity contribution in [2.24, 2.45) is 0 Å². The average molecular weight is 382 g/mol. The van der Waals surface area contributed by atoms with E-state index in [0.717, 1.165) is 16.9 Å². The molecule has 6 nitrogen and oxygen atoms in total. The molecule has 6 heteroatoms. The van der Waals surface area contributed by atoms with Crippen molar-refractivity contribution in [2.45, 2.75) is 13.8 Å². The zero-order valence-electron chi connectivity index (χ0n) is 16.6. The monoisotopic (exact) mass is 382 g/mol. The van der Waals surface area contributed by atoms with Gasteiger partial charge in [-0.15, -0.1) is 0 Å². The first kappa shape index (κ1) is 19.7. The Bertz CT molecular complexity index is 857. The number of hydrogen-bond donors (Lipinski definition) is 0. The van der Waals surface area contributed by atoms with Gasteiger partial charge in [-0.05, 0) is 37.6 Å². The molecule has 1 aliphatic heterocycles. The first-order valence-electron chi connectivity index (χ1n) is 9.39. The molecular formula is C22H26N2O4. The molecule has 148 valence electrons. The van der Waals surface area contributed by atoms with Crippen LogP contribution < -0.4 is 9.47 Å². The fourth-order valence-electron chi connectivity index (χ4n) is 3.34. The molecule has 0 spiro atoms. The van der Waals surface area contributed by atoms with Crippen LogP contribution in [0.25, 0.3) is 0 Å². The van der Waals surface area contributed by atoms with Crippen molar-refractivity contribution in [1.29, 1.82) is 0 Å². The Morgan fingerprint density at radius 1 is 0.929 bits per heavy atom. The third-order valence-corrected chi connectivity index (χ3v) is 4.94. The first-order chi connectivity index (χ1) is 13.5. The molecule has 0 atom stereocenters. The van der Waals surface area contributed by atoms with Gasteiger partial charge in [-0.25, -0.2) is 0 Å². The summed E-state index contributed by atoms with van der Waals surface area (Å²) in [4.78, 5) is 28.7. The zero-order chi connectivity index (χ0) is 20.1. The predicted octanol–water partition coefficient (Wildman–Crippen LogP) is 2.68. The predicted molar refractivity (Wildman–Crippen MR) is 107 cm³/mol. The van der Waals surface area contributed by atoms with Crippen LogP contribution in [0.3, 0.4) is 0 Å². The van der Waals surface area contributed by atoms with Crippen LogP contribution in [0.2, 0.25) is 0 Å². The maximum absolute atomic E-state index is 12.7. The molecule has 1 saturated heterocycles. The molecule has 3 rings (SSSR count). The van der Waals surface area contributed by atoms with Crippen LogP contribution in [0.5, 0.6) is 11.5 Å². The molecule has 0 unspecified atom stereocenters. The van der Waals surface area contributed by atoms with Crippen molar-refractivity contribution < 1.29 is 19.1 Å². The number of hydrogen-bond acceptors (Lipinski definition) is 4. The Kier molecular flexibility index (Phi) is 6.19. The van der Waals surface area contributed by atoms with Crippen molar-refractivity contribution in [2.75, 3.05) is 39.9 Å². The van der Waals surface area contributed by atoms with Gasteiger partial charge in [0, 0.05) is 26.2 Å². The van der Waals surface area contributed by atoms with Gasteiger partial charge in [0.25, 0.3) is 11.8 Å². The Morgan fingerprint density at radius 2 is 1.61 bits per heavy atom. The second-order valence-electron chi connectivity index (χ2n) is 6.93. The van der Waals surface area contributed by atoms with E-state index in [1.54, 1.807) is 29.0 Å². The number of carbonyl (C=O) groups is 2. The van der Waals surface area contributed by atoms with E-state index in [4.69, 9.17) is 9.47 Å². The topological polar surface area (TPSA) is 59.1 Å². The summed E-state index contributed by atoms with van der Waals surface area (Å²) in [7, 11) is 1.55. The smallest absolute Gasteiger partial charge is 0.260 e. The van der Waals surface area contributed by atoms with Gasteiger partial charge in [-0.3, -0.25) is 9.59 Å². The van der Waals surface area contributed by atoms with Crippen molar-refractivity contribution >= 4 is 11.8 Å². The lowest BCUT2D eigenvalue weighted by Gasteiger charge is -2.35. The van der Waals surface area contributed by atoms with Crippen LogP contribution in [-0.2, 0) is 4.79 Å². The zero-order valence-corrected chi connectivity index (χ0v) is 16.6. The van der Waals surface area contributed by atoms with Gasteiger partial charge >= 0.3 is 0 Å². The van der Waals surface area contributed by atoms with E-state index in [2.05, 4.69) is 0 Å². The van der Waals surface area contributed by atoms with Crippen molar-refractivity contribution in [3.8, 4) is 11.5 Å². The van der Waals surface area contributed by atoms with E-state index in [1.165, 1.54) is 0 Å². The third kappa shape index (κ3) is 4.44. The van der Waals surface area contributed by atoms with Crippen molar-refractivity contribution in [1.82, 2.24) is 9.80 Å².